The van der Waals surface area contributed by atoms with Crippen LogP contribution in [0.1, 0.15) is 79.6 Å². The number of ketones is 1. The summed E-state index contributed by atoms with van der Waals surface area (Å²) in [5.74, 6) is -0.975. The average molecular weight is 803 g/mol. The van der Waals surface area contributed by atoms with Crippen LogP contribution in [0, 0.1) is 17.3 Å². The highest BCUT2D eigenvalue weighted by atomic mass is 16.5. The summed E-state index contributed by atoms with van der Waals surface area (Å²) >= 11 is 0. The number of benzene rings is 2. The van der Waals surface area contributed by atoms with E-state index in [2.05, 4.69) is 26.0 Å². The number of carbonyl (C=O) groups is 1. The molecule has 3 heterocycles. The zero-order chi connectivity index (χ0) is 42.1. The number of fused-ring (bicyclic) bond motifs is 5. The lowest BCUT2D eigenvalue weighted by Gasteiger charge is -2.62. The molecule has 3 aliphatic rings. The molecule has 3 aliphatic carbocycles. The molecule has 0 amide bonds. The molecule has 2 aromatic carbocycles. The SMILES string of the molecule is COC1=CC(=O)c2ccc(=O)oc2[C@@]12[C@H](c1c(OC)cc(OC)c3ccc(=O)oc13)[C@H]1[C@H](c3c(OC)cc(OC)c4ccc(=O)oc34)C=C(C)C[C@]1(C)C[C@@H]2C=C(C)C. The topological polar surface area (TPSA) is 154 Å². The van der Waals surface area contributed by atoms with E-state index in [4.69, 9.17) is 36.9 Å². The van der Waals surface area contributed by atoms with Crippen molar-refractivity contribution in [2.24, 2.45) is 17.3 Å². The van der Waals surface area contributed by atoms with Crippen molar-refractivity contribution < 1.29 is 41.7 Å². The van der Waals surface area contributed by atoms with Gasteiger partial charge in [-0.3, -0.25) is 4.79 Å². The summed E-state index contributed by atoms with van der Waals surface area (Å²) < 4.78 is 49.2. The molecular formula is C47H46O12. The molecule has 0 saturated heterocycles. The predicted octanol–water partition coefficient (Wildman–Crippen LogP) is 8.38. The lowest BCUT2D eigenvalue weighted by molar-refractivity contribution is -0.0270. The van der Waals surface area contributed by atoms with Crippen LogP contribution >= 0.6 is 0 Å². The summed E-state index contributed by atoms with van der Waals surface area (Å²) in [6.07, 6.45) is 6.92. The van der Waals surface area contributed by atoms with Crippen molar-refractivity contribution in [3.05, 3.63) is 137 Å². The lowest BCUT2D eigenvalue weighted by Crippen LogP contribution is -2.58. The summed E-state index contributed by atoms with van der Waals surface area (Å²) in [5, 5.41) is 1.05. The predicted molar refractivity (Wildman–Crippen MR) is 220 cm³/mol. The Morgan fingerprint density at radius 2 is 1.25 bits per heavy atom. The van der Waals surface area contributed by atoms with Crippen LogP contribution in [0.15, 0.2) is 111 Å². The molecular weight excluding hydrogens is 757 g/mol. The standard InChI is InChI=1S/C47H46O12/c1-23(2)16-25-22-46(4)21-24(3)17-29(39-33(54-7)19-31(52-5)27-11-14-36(49)57-43(27)39)41(46)42(40-34(55-8)20-32(53-6)28-12-15-37(50)58-44(28)40)47(25)35(56-9)18-30(48)26-10-13-38(51)59-45(26)47/h10-20,25,29,41-42H,21-22H2,1-9H3/t25-,29-,41+,42+,46+,47+/m0/s1. The van der Waals surface area contributed by atoms with Crippen molar-refractivity contribution in [2.75, 3.05) is 35.5 Å². The Kier molecular flexibility index (Phi) is 9.72. The third kappa shape index (κ3) is 5.93. The van der Waals surface area contributed by atoms with Gasteiger partial charge in [0.2, 0.25) is 0 Å². The fourth-order valence-electron chi connectivity index (χ4n) is 10.8. The smallest absolute Gasteiger partial charge is 0.336 e. The van der Waals surface area contributed by atoms with Gasteiger partial charge in [-0.25, -0.2) is 14.4 Å². The molecule has 0 unspecified atom stereocenters. The minimum Gasteiger partial charge on any atom is -0.500 e. The minimum atomic E-state index is -1.46. The Labute approximate surface area is 339 Å². The van der Waals surface area contributed by atoms with E-state index in [0.29, 0.717) is 57.7 Å². The monoisotopic (exact) mass is 802 g/mol. The van der Waals surface area contributed by atoms with Gasteiger partial charge in [0.05, 0.1) is 51.9 Å². The first kappa shape index (κ1) is 39.5. The number of methoxy groups -OCH3 is 5. The molecule has 0 radical (unpaired) electrons. The highest BCUT2D eigenvalue weighted by Gasteiger charge is 2.68. The van der Waals surface area contributed by atoms with Crippen molar-refractivity contribution in [1.29, 1.82) is 0 Å². The van der Waals surface area contributed by atoms with Crippen LogP contribution in [0.3, 0.4) is 0 Å². The maximum Gasteiger partial charge on any atom is 0.336 e. The number of hydrogen-bond acceptors (Lipinski definition) is 12. The van der Waals surface area contributed by atoms with Crippen LogP contribution < -0.4 is 35.8 Å². The third-order valence-corrected chi connectivity index (χ3v) is 12.6. The van der Waals surface area contributed by atoms with Gasteiger partial charge in [0.25, 0.3) is 0 Å². The van der Waals surface area contributed by atoms with Gasteiger partial charge in [-0.1, -0.05) is 30.2 Å². The number of carbonyl (C=O) groups excluding carboxylic acids is 1. The lowest BCUT2D eigenvalue weighted by atomic mass is 9.40. The van der Waals surface area contributed by atoms with Gasteiger partial charge >= 0.3 is 16.9 Å². The highest BCUT2D eigenvalue weighted by molar-refractivity contribution is 6.07. The van der Waals surface area contributed by atoms with E-state index in [1.165, 1.54) is 58.8 Å². The Hall–Kier alpha value is -6.30. The molecule has 0 aliphatic heterocycles. The Morgan fingerprint density at radius 1 is 0.712 bits per heavy atom. The Balaban J connectivity index is 1.64. The van der Waals surface area contributed by atoms with Crippen LogP contribution in [-0.2, 0) is 10.2 Å². The van der Waals surface area contributed by atoms with E-state index in [9.17, 15) is 19.2 Å². The van der Waals surface area contributed by atoms with E-state index < -0.39 is 57.2 Å². The van der Waals surface area contributed by atoms with Crippen molar-refractivity contribution in [3.8, 4) is 23.0 Å². The molecule has 0 bridgehead atoms. The molecule has 8 rings (SSSR count). The molecule has 1 fully saturated rings. The Morgan fingerprint density at radius 3 is 1.81 bits per heavy atom. The van der Waals surface area contributed by atoms with E-state index >= 15 is 0 Å². The molecule has 59 heavy (non-hydrogen) atoms. The first-order valence-corrected chi connectivity index (χ1v) is 19.4. The number of rotatable bonds is 8. The maximum absolute atomic E-state index is 14.1. The van der Waals surface area contributed by atoms with Crippen LogP contribution in [-0.4, -0.2) is 41.3 Å². The minimum absolute atomic E-state index is 0.122. The van der Waals surface area contributed by atoms with E-state index in [1.807, 2.05) is 13.8 Å². The highest BCUT2D eigenvalue weighted by Crippen LogP contribution is 2.72. The summed E-state index contributed by atoms with van der Waals surface area (Å²) in [6, 6.07) is 12.3. The molecule has 306 valence electrons. The van der Waals surface area contributed by atoms with Gasteiger partial charge in [0.1, 0.15) is 51.1 Å². The van der Waals surface area contributed by atoms with Gasteiger partial charge in [-0.2, -0.15) is 0 Å². The second kappa shape index (κ2) is 14.5. The second-order valence-corrected chi connectivity index (χ2v) is 16.3. The molecule has 3 aromatic heterocycles. The number of allylic oxidation sites excluding steroid dienone is 6. The zero-order valence-corrected chi connectivity index (χ0v) is 34.5. The first-order valence-electron chi connectivity index (χ1n) is 19.4. The third-order valence-electron chi connectivity index (χ3n) is 12.6. The zero-order valence-electron chi connectivity index (χ0n) is 34.5. The normalized spacial score (nSPS) is 24.8. The first-order chi connectivity index (χ1) is 28.2. The maximum atomic E-state index is 14.1. The van der Waals surface area contributed by atoms with Gasteiger partial charge in [-0.15, -0.1) is 0 Å². The summed E-state index contributed by atoms with van der Waals surface area (Å²) in [4.78, 5) is 54.3. The largest absolute Gasteiger partial charge is 0.500 e. The van der Waals surface area contributed by atoms with Crippen molar-refractivity contribution in [1.82, 2.24) is 0 Å². The number of hydrogen-bond donors (Lipinski definition) is 0. The van der Waals surface area contributed by atoms with Gasteiger partial charge < -0.3 is 36.9 Å². The van der Waals surface area contributed by atoms with Crippen LogP contribution in [0.2, 0.25) is 0 Å². The summed E-state index contributed by atoms with van der Waals surface area (Å²) in [6.45, 7) is 8.30. The summed E-state index contributed by atoms with van der Waals surface area (Å²) in [7, 11) is 7.63. The summed E-state index contributed by atoms with van der Waals surface area (Å²) in [5.41, 5.74) is -0.140. The molecule has 6 atom stereocenters. The van der Waals surface area contributed by atoms with Crippen LogP contribution in [0.4, 0.5) is 0 Å². The fraction of sp³-hybridized carbons (Fsp3) is 0.362. The van der Waals surface area contributed by atoms with E-state index in [-0.39, 0.29) is 28.2 Å². The number of ether oxygens (including phenoxy) is 5. The quantitative estimate of drug-likeness (QED) is 0.109. The van der Waals surface area contributed by atoms with Crippen LogP contribution in [0.25, 0.3) is 21.9 Å². The Bertz CT molecular complexity index is 2830. The van der Waals surface area contributed by atoms with E-state index in [0.717, 1.165) is 11.1 Å². The van der Waals surface area contributed by atoms with Gasteiger partial charge in [0, 0.05) is 59.4 Å². The van der Waals surface area contributed by atoms with Crippen molar-refractivity contribution in [2.45, 2.75) is 57.8 Å². The van der Waals surface area contributed by atoms with Gasteiger partial charge in [-0.05, 0) is 69.1 Å². The van der Waals surface area contributed by atoms with Crippen LogP contribution in [0.5, 0.6) is 23.0 Å². The second-order valence-electron chi connectivity index (χ2n) is 16.3. The van der Waals surface area contributed by atoms with Crippen molar-refractivity contribution >= 4 is 27.7 Å². The fourth-order valence-corrected chi connectivity index (χ4v) is 10.8. The molecule has 1 spiro atoms. The van der Waals surface area contributed by atoms with Gasteiger partial charge in [0.15, 0.2) is 5.78 Å². The average Bonchev–Trinajstić information content (AvgIpc) is 3.20. The van der Waals surface area contributed by atoms with E-state index in [1.54, 1.807) is 31.4 Å². The molecule has 12 nitrogen and oxygen atoms in total. The van der Waals surface area contributed by atoms with Crippen molar-refractivity contribution in [3.63, 3.8) is 0 Å². The molecule has 1 saturated carbocycles. The molecule has 12 heteroatoms. The molecule has 0 N–H and O–H groups in total. The molecule has 5 aromatic rings.